The maximum absolute atomic E-state index is 12.3. The van der Waals surface area contributed by atoms with Crippen molar-refractivity contribution in [3.63, 3.8) is 0 Å². The minimum atomic E-state index is -4.78. The second kappa shape index (κ2) is 8.44. The molecule has 8 heteroatoms. The Morgan fingerprint density at radius 3 is 2.08 bits per heavy atom. The number of hydrogen-bond acceptors (Lipinski definition) is 4. The second-order valence-corrected chi connectivity index (χ2v) is 7.35. The van der Waals surface area contributed by atoms with Crippen molar-refractivity contribution in [2.24, 2.45) is 0 Å². The fourth-order valence-corrected chi connectivity index (χ4v) is 3.36. The van der Waals surface area contributed by atoms with Crippen molar-refractivity contribution in [3.8, 4) is 22.6 Å². The molecule has 0 heterocycles. The van der Waals surface area contributed by atoms with E-state index >= 15 is 0 Å². The summed E-state index contributed by atoms with van der Waals surface area (Å²) >= 11 is 0. The van der Waals surface area contributed by atoms with Gasteiger partial charge in [0.25, 0.3) is 0 Å². The van der Waals surface area contributed by atoms with Crippen molar-refractivity contribution >= 4 is 10.1 Å². The Kier molecular flexibility index (Phi) is 6.52. The highest BCUT2D eigenvalue weighted by Gasteiger charge is 2.31. The lowest BCUT2D eigenvalue weighted by Crippen LogP contribution is -2.17. The Hall–Kier alpha value is -2.22. The van der Waals surface area contributed by atoms with Crippen LogP contribution in [0.15, 0.2) is 48.5 Å². The van der Waals surface area contributed by atoms with Crippen molar-refractivity contribution in [3.05, 3.63) is 48.5 Å². The third kappa shape index (κ3) is 6.59. The summed E-state index contributed by atoms with van der Waals surface area (Å²) in [5.74, 6) is -0.324. The van der Waals surface area contributed by atoms with E-state index in [1.807, 2.05) is 6.92 Å². The summed E-state index contributed by atoms with van der Waals surface area (Å²) in [5, 5.41) is 0. The van der Waals surface area contributed by atoms with Crippen LogP contribution in [0.3, 0.4) is 0 Å². The maximum Gasteiger partial charge on any atom is 0.573 e. The van der Waals surface area contributed by atoms with Crippen molar-refractivity contribution in [1.82, 2.24) is 0 Å². The lowest BCUT2D eigenvalue weighted by molar-refractivity contribution is -0.274. The zero-order chi connectivity index (χ0) is 19.2. The Morgan fingerprint density at radius 1 is 0.923 bits per heavy atom. The zero-order valence-electron chi connectivity index (χ0n) is 14.1. The summed E-state index contributed by atoms with van der Waals surface area (Å²) in [7, 11) is -3.71. The van der Waals surface area contributed by atoms with Crippen molar-refractivity contribution < 1.29 is 30.5 Å². The number of hydrogen-bond donors (Lipinski definition) is 0. The lowest BCUT2D eigenvalue weighted by atomic mass is 10.1. The van der Waals surface area contributed by atoms with Gasteiger partial charge in [-0.1, -0.05) is 44.0 Å². The molecule has 0 aliphatic rings. The predicted octanol–water partition coefficient (Wildman–Crippen LogP) is 5.15. The number of halogens is 3. The number of rotatable bonds is 8. The number of benzene rings is 2. The van der Waals surface area contributed by atoms with E-state index in [0.717, 1.165) is 12.8 Å². The fourth-order valence-electron chi connectivity index (χ4n) is 2.32. The van der Waals surface area contributed by atoms with E-state index in [2.05, 4.69) is 4.74 Å². The summed E-state index contributed by atoms with van der Waals surface area (Å²) in [4.78, 5) is 0. The van der Waals surface area contributed by atoms with Crippen LogP contribution in [-0.2, 0) is 10.1 Å². The van der Waals surface area contributed by atoms with Crippen LogP contribution in [-0.4, -0.2) is 20.5 Å². The molecule has 0 aromatic heterocycles. The van der Waals surface area contributed by atoms with E-state index in [4.69, 9.17) is 4.18 Å². The first-order valence-corrected chi connectivity index (χ1v) is 9.65. The molecule has 0 spiro atoms. The van der Waals surface area contributed by atoms with Crippen LogP contribution in [0.5, 0.6) is 11.5 Å². The molecule has 26 heavy (non-hydrogen) atoms. The summed E-state index contributed by atoms with van der Waals surface area (Å²) in [5.41, 5.74) is 0.958. The van der Waals surface area contributed by atoms with Gasteiger partial charge in [-0.25, -0.2) is 0 Å². The molecule has 0 aliphatic heterocycles. The molecule has 2 aromatic rings. The van der Waals surface area contributed by atoms with Gasteiger partial charge in [0.05, 0.1) is 5.75 Å². The molecule has 142 valence electrons. The van der Waals surface area contributed by atoms with E-state index in [0.29, 0.717) is 17.5 Å². The summed E-state index contributed by atoms with van der Waals surface area (Å²) in [6, 6.07) is 11.6. The highest BCUT2D eigenvalue weighted by molar-refractivity contribution is 7.87. The third-order valence-corrected chi connectivity index (χ3v) is 4.69. The molecule has 0 unspecified atom stereocenters. The highest BCUT2D eigenvalue weighted by Crippen LogP contribution is 2.30. The first-order chi connectivity index (χ1) is 12.2. The van der Waals surface area contributed by atoms with Crippen molar-refractivity contribution in [2.75, 3.05) is 5.75 Å². The molecular weight excluding hydrogens is 369 g/mol. The van der Waals surface area contributed by atoms with Gasteiger partial charge >= 0.3 is 16.5 Å². The van der Waals surface area contributed by atoms with Crippen LogP contribution < -0.4 is 8.92 Å². The standard InChI is InChI=1S/C18H19F3O4S/c1-2-3-4-11-26(22,23)25-17-10-6-8-15(13-17)14-7-5-9-16(12-14)24-18(19,20)21/h5-10,12-13H,2-4,11H2,1H3. The molecule has 2 aromatic carbocycles. The largest absolute Gasteiger partial charge is 0.573 e. The Balaban J connectivity index is 2.18. The molecule has 0 saturated carbocycles. The van der Waals surface area contributed by atoms with Crippen LogP contribution in [0.25, 0.3) is 11.1 Å². The van der Waals surface area contributed by atoms with Crippen molar-refractivity contribution in [2.45, 2.75) is 32.5 Å². The van der Waals surface area contributed by atoms with E-state index < -0.39 is 16.5 Å². The van der Waals surface area contributed by atoms with Crippen LogP contribution in [0.4, 0.5) is 13.2 Å². The first-order valence-electron chi connectivity index (χ1n) is 8.07. The van der Waals surface area contributed by atoms with Crippen LogP contribution in [0, 0.1) is 0 Å². The Morgan fingerprint density at radius 2 is 1.50 bits per heavy atom. The smallest absolute Gasteiger partial charge is 0.406 e. The van der Waals surface area contributed by atoms with Gasteiger partial charge in [-0.15, -0.1) is 13.2 Å². The average Bonchev–Trinajstić information content (AvgIpc) is 2.53. The molecule has 2 rings (SSSR count). The molecule has 0 aliphatic carbocycles. The minimum absolute atomic E-state index is 0.0834. The van der Waals surface area contributed by atoms with Crippen LogP contribution >= 0.6 is 0 Å². The zero-order valence-corrected chi connectivity index (χ0v) is 14.9. The summed E-state index contributed by atoms with van der Waals surface area (Å²) < 4.78 is 69.9. The van der Waals surface area contributed by atoms with Crippen LogP contribution in [0.1, 0.15) is 26.2 Å². The summed E-state index contributed by atoms with van der Waals surface area (Å²) in [6.07, 6.45) is -2.60. The predicted molar refractivity (Wildman–Crippen MR) is 92.5 cm³/mol. The summed E-state index contributed by atoms with van der Waals surface area (Å²) in [6.45, 7) is 1.97. The van der Waals surface area contributed by atoms with Gasteiger partial charge in [-0.05, 0) is 41.8 Å². The Bertz CT molecular complexity index is 832. The molecule has 0 amide bonds. The Labute approximate surface area is 150 Å². The fraction of sp³-hybridized carbons (Fsp3) is 0.333. The van der Waals surface area contributed by atoms with Crippen molar-refractivity contribution in [1.29, 1.82) is 0 Å². The molecule has 0 N–H and O–H groups in total. The SMILES string of the molecule is CCCCCS(=O)(=O)Oc1cccc(-c2cccc(OC(F)(F)F)c2)c1. The maximum atomic E-state index is 12.3. The molecule has 0 radical (unpaired) electrons. The normalized spacial score (nSPS) is 12.0. The first kappa shape index (κ1) is 20.1. The van der Waals surface area contributed by atoms with E-state index in [-0.39, 0.29) is 17.3 Å². The molecule has 0 fully saturated rings. The number of alkyl halides is 3. The van der Waals surface area contributed by atoms with Gasteiger partial charge in [0.1, 0.15) is 11.5 Å². The lowest BCUT2D eigenvalue weighted by Gasteiger charge is -2.11. The van der Waals surface area contributed by atoms with E-state index in [9.17, 15) is 21.6 Å². The van der Waals surface area contributed by atoms with Gasteiger partial charge in [-0.2, -0.15) is 8.42 Å². The molecule has 0 bridgehead atoms. The number of ether oxygens (including phenoxy) is 1. The van der Waals surface area contributed by atoms with Crippen LogP contribution in [0.2, 0.25) is 0 Å². The topological polar surface area (TPSA) is 52.6 Å². The number of unbranched alkanes of at least 4 members (excludes halogenated alkanes) is 2. The molecular formula is C18H19F3O4S. The van der Waals surface area contributed by atoms with E-state index in [1.165, 1.54) is 30.3 Å². The van der Waals surface area contributed by atoms with Gasteiger partial charge in [0.2, 0.25) is 0 Å². The minimum Gasteiger partial charge on any atom is -0.406 e. The second-order valence-electron chi connectivity index (χ2n) is 5.66. The molecule has 0 atom stereocenters. The van der Waals surface area contributed by atoms with E-state index in [1.54, 1.807) is 18.2 Å². The van der Waals surface area contributed by atoms with Gasteiger partial charge < -0.3 is 8.92 Å². The monoisotopic (exact) mass is 388 g/mol. The molecule has 0 saturated heterocycles. The average molecular weight is 388 g/mol. The van der Waals surface area contributed by atoms with Gasteiger partial charge in [-0.3, -0.25) is 0 Å². The molecule has 4 nitrogen and oxygen atoms in total. The van der Waals surface area contributed by atoms with Gasteiger partial charge in [0, 0.05) is 0 Å². The highest BCUT2D eigenvalue weighted by atomic mass is 32.2. The van der Waals surface area contributed by atoms with Gasteiger partial charge in [0.15, 0.2) is 0 Å². The quantitative estimate of drug-likeness (QED) is 0.464. The third-order valence-electron chi connectivity index (χ3n) is 3.46.